The summed E-state index contributed by atoms with van der Waals surface area (Å²) >= 11 is 0. The Kier molecular flexibility index (Phi) is 4.14. The minimum atomic E-state index is -0.294. The molecule has 0 N–H and O–H groups in total. The van der Waals surface area contributed by atoms with Gasteiger partial charge in [0.25, 0.3) is 0 Å². The molecule has 0 amide bonds. The van der Waals surface area contributed by atoms with Crippen molar-refractivity contribution >= 4 is 12.1 Å². The van der Waals surface area contributed by atoms with Crippen LogP contribution in [0, 0.1) is 17.2 Å². The molecule has 0 aromatic rings. The summed E-state index contributed by atoms with van der Waals surface area (Å²) in [5.74, 6) is -0.452. The van der Waals surface area contributed by atoms with E-state index in [9.17, 15) is 9.59 Å². The van der Waals surface area contributed by atoms with Crippen molar-refractivity contribution in [3.63, 3.8) is 0 Å². The van der Waals surface area contributed by atoms with Gasteiger partial charge in [-0.3, -0.25) is 4.79 Å². The maximum absolute atomic E-state index is 10.8. The van der Waals surface area contributed by atoms with Crippen LogP contribution in [0.3, 0.4) is 0 Å². The minimum absolute atomic E-state index is 0.0883. The zero-order valence-electron chi connectivity index (χ0n) is 5.83. The molecular weight excluding hydrogens is 130 g/mol. The topological polar surface area (TPSA) is 57.9 Å². The number of rotatable bonds is 4. The zero-order chi connectivity index (χ0) is 7.98. The van der Waals surface area contributed by atoms with E-state index in [1.165, 1.54) is 0 Å². The summed E-state index contributed by atoms with van der Waals surface area (Å²) in [5.41, 5.74) is 0. The van der Waals surface area contributed by atoms with Gasteiger partial charge >= 0.3 is 0 Å². The van der Waals surface area contributed by atoms with Gasteiger partial charge in [-0.25, -0.2) is 0 Å². The van der Waals surface area contributed by atoms with Gasteiger partial charge in [-0.05, 0) is 0 Å². The Morgan fingerprint density at radius 2 is 2.40 bits per heavy atom. The van der Waals surface area contributed by atoms with E-state index in [2.05, 4.69) is 0 Å². The highest BCUT2D eigenvalue weighted by atomic mass is 16.1. The molecule has 0 saturated heterocycles. The van der Waals surface area contributed by atoms with Crippen LogP contribution in [0.5, 0.6) is 0 Å². The van der Waals surface area contributed by atoms with E-state index in [0.717, 1.165) is 0 Å². The molecule has 0 aromatic carbocycles. The highest BCUT2D eigenvalue weighted by Gasteiger charge is 2.10. The van der Waals surface area contributed by atoms with Gasteiger partial charge in [-0.1, -0.05) is 6.92 Å². The summed E-state index contributed by atoms with van der Waals surface area (Å²) in [5, 5.41) is 8.09. The number of carbonyl (C=O) groups excluding carboxylic acids is 2. The summed E-state index contributed by atoms with van der Waals surface area (Å²) in [6, 6.07) is 1.74. The Morgan fingerprint density at radius 1 is 1.80 bits per heavy atom. The molecule has 3 heteroatoms. The molecule has 0 saturated carbocycles. The molecule has 0 fully saturated rings. The largest absolute Gasteiger partial charge is 0.303 e. The SMILES string of the molecule is CC(CC=O)C(=O)CC#N. The number of nitrogens with zero attached hydrogens (tertiary/aromatic N) is 1. The second-order valence-electron chi connectivity index (χ2n) is 2.10. The van der Waals surface area contributed by atoms with Crippen molar-refractivity contribution in [2.24, 2.45) is 5.92 Å². The lowest BCUT2D eigenvalue weighted by molar-refractivity contribution is -0.123. The van der Waals surface area contributed by atoms with Gasteiger partial charge in [0.15, 0.2) is 0 Å². The van der Waals surface area contributed by atoms with Crippen molar-refractivity contribution < 1.29 is 9.59 Å². The first-order valence-corrected chi connectivity index (χ1v) is 3.05. The summed E-state index contributed by atoms with van der Waals surface area (Å²) in [6.45, 7) is 1.65. The fourth-order valence-electron chi connectivity index (χ4n) is 0.528. The minimum Gasteiger partial charge on any atom is -0.303 e. The van der Waals surface area contributed by atoms with Crippen molar-refractivity contribution in [1.29, 1.82) is 5.26 Å². The summed E-state index contributed by atoms with van der Waals surface area (Å²) in [6.07, 6.45) is 0.829. The first-order chi connectivity index (χ1) is 4.72. The van der Waals surface area contributed by atoms with Gasteiger partial charge in [0.05, 0.1) is 12.5 Å². The molecule has 0 spiro atoms. The van der Waals surface area contributed by atoms with Crippen LogP contribution in [-0.4, -0.2) is 12.1 Å². The molecule has 1 atom stereocenters. The number of ketones is 1. The van der Waals surface area contributed by atoms with Crippen LogP contribution in [0.2, 0.25) is 0 Å². The van der Waals surface area contributed by atoms with Gasteiger partial charge in [-0.15, -0.1) is 0 Å². The number of carbonyl (C=O) groups is 2. The van der Waals surface area contributed by atoms with E-state index < -0.39 is 0 Å². The van der Waals surface area contributed by atoms with Crippen molar-refractivity contribution in [3.8, 4) is 6.07 Å². The molecule has 3 nitrogen and oxygen atoms in total. The number of nitriles is 1. The van der Waals surface area contributed by atoms with E-state index in [1.54, 1.807) is 13.0 Å². The summed E-state index contributed by atoms with van der Waals surface area (Å²) < 4.78 is 0. The van der Waals surface area contributed by atoms with Crippen molar-refractivity contribution in [2.75, 3.05) is 0 Å². The predicted octanol–water partition coefficient (Wildman–Crippen LogP) is 0.694. The van der Waals surface area contributed by atoms with E-state index in [-0.39, 0.29) is 24.5 Å². The number of Topliss-reactive ketones (excluding diaryl/α,β-unsaturated/α-hetero) is 1. The molecule has 0 aliphatic rings. The third kappa shape index (κ3) is 2.98. The van der Waals surface area contributed by atoms with Crippen molar-refractivity contribution in [2.45, 2.75) is 19.8 Å². The lowest BCUT2D eigenvalue weighted by Gasteiger charge is -2.00. The number of hydrogen-bond donors (Lipinski definition) is 0. The van der Waals surface area contributed by atoms with Crippen LogP contribution in [0.1, 0.15) is 19.8 Å². The van der Waals surface area contributed by atoms with E-state index in [4.69, 9.17) is 5.26 Å². The lowest BCUT2D eigenvalue weighted by Crippen LogP contribution is -2.09. The maximum atomic E-state index is 10.8. The first kappa shape index (κ1) is 8.83. The number of hydrogen-bond acceptors (Lipinski definition) is 3. The molecule has 0 radical (unpaired) electrons. The maximum Gasteiger partial charge on any atom is 0.150 e. The van der Waals surface area contributed by atoms with Crippen molar-refractivity contribution in [1.82, 2.24) is 0 Å². The lowest BCUT2D eigenvalue weighted by atomic mass is 10.0. The molecule has 0 aromatic heterocycles. The standard InChI is InChI=1S/C7H9NO2/c1-6(3-5-9)7(10)2-4-8/h5-6H,2-3H2,1H3. The highest BCUT2D eigenvalue weighted by Crippen LogP contribution is 2.02. The van der Waals surface area contributed by atoms with Gasteiger partial charge < -0.3 is 4.79 Å². The Balaban J connectivity index is 3.72. The molecule has 1 unspecified atom stereocenters. The molecule has 0 aliphatic heterocycles. The average molecular weight is 139 g/mol. The molecule has 0 rings (SSSR count). The van der Waals surface area contributed by atoms with Crippen LogP contribution < -0.4 is 0 Å². The van der Waals surface area contributed by atoms with Gasteiger partial charge in [0.2, 0.25) is 0 Å². The second-order valence-corrected chi connectivity index (χ2v) is 2.10. The Morgan fingerprint density at radius 3 is 2.80 bits per heavy atom. The molecule has 0 bridgehead atoms. The first-order valence-electron chi connectivity index (χ1n) is 3.05. The van der Waals surface area contributed by atoms with Crippen LogP contribution in [-0.2, 0) is 9.59 Å². The molecule has 0 heterocycles. The third-order valence-corrected chi connectivity index (χ3v) is 1.25. The highest BCUT2D eigenvalue weighted by molar-refractivity contribution is 5.84. The number of aldehydes is 1. The van der Waals surface area contributed by atoms with Gasteiger partial charge in [0, 0.05) is 12.3 Å². The van der Waals surface area contributed by atoms with Crippen molar-refractivity contribution in [3.05, 3.63) is 0 Å². The van der Waals surface area contributed by atoms with Crippen LogP contribution in [0.4, 0.5) is 0 Å². The van der Waals surface area contributed by atoms with E-state index in [0.29, 0.717) is 6.29 Å². The summed E-state index contributed by atoms with van der Waals surface area (Å²) in [7, 11) is 0. The average Bonchev–Trinajstić information content (AvgIpc) is 1.89. The molecule has 0 aliphatic carbocycles. The van der Waals surface area contributed by atoms with Gasteiger partial charge in [0.1, 0.15) is 12.1 Å². The monoisotopic (exact) mass is 139 g/mol. The fraction of sp³-hybridized carbons (Fsp3) is 0.571. The fourth-order valence-corrected chi connectivity index (χ4v) is 0.528. The smallest absolute Gasteiger partial charge is 0.150 e. The predicted molar refractivity (Wildman–Crippen MR) is 35.1 cm³/mol. The van der Waals surface area contributed by atoms with Gasteiger partial charge in [-0.2, -0.15) is 5.26 Å². The summed E-state index contributed by atoms with van der Waals surface area (Å²) in [4.78, 5) is 20.6. The van der Waals surface area contributed by atoms with Crippen LogP contribution in [0.15, 0.2) is 0 Å². The van der Waals surface area contributed by atoms with E-state index >= 15 is 0 Å². The zero-order valence-corrected chi connectivity index (χ0v) is 5.83. The Labute approximate surface area is 59.6 Å². The Hall–Kier alpha value is -1.17. The molecular formula is C7H9NO2. The quantitative estimate of drug-likeness (QED) is 0.538. The van der Waals surface area contributed by atoms with Crippen LogP contribution in [0.25, 0.3) is 0 Å². The van der Waals surface area contributed by atoms with E-state index in [1.807, 2.05) is 0 Å². The molecule has 54 valence electrons. The Bertz CT molecular complexity index is 169. The second kappa shape index (κ2) is 4.68. The van der Waals surface area contributed by atoms with Crippen LogP contribution >= 0.6 is 0 Å². The normalized spacial score (nSPS) is 11.6. The third-order valence-electron chi connectivity index (χ3n) is 1.25. The molecule has 10 heavy (non-hydrogen) atoms.